The van der Waals surface area contributed by atoms with E-state index in [0.717, 1.165) is 0 Å². The molecule has 0 amide bonds. The number of hydrogen-bond acceptors (Lipinski definition) is 2. The smallest absolute Gasteiger partial charge is 0.0104 e. The Bertz CT molecular complexity index is 47.0. The molecule has 0 radical (unpaired) electrons. The van der Waals surface area contributed by atoms with Gasteiger partial charge in [0.1, 0.15) is 0 Å². The molecule has 0 spiro atoms. The molecule has 0 heterocycles. The Kier molecular flexibility index (Phi) is 46.2. The van der Waals surface area contributed by atoms with Crippen LogP contribution in [0.25, 0.3) is 0 Å². The van der Waals surface area contributed by atoms with Crippen LogP contribution in [0.15, 0.2) is 25.3 Å². The van der Waals surface area contributed by atoms with Gasteiger partial charge in [-0.2, -0.15) is 0 Å². The van der Waals surface area contributed by atoms with Crippen LogP contribution in [-0.4, -0.2) is 18.6 Å². The summed E-state index contributed by atoms with van der Waals surface area (Å²) in [6.45, 7) is 7.87. The monoisotopic (exact) mass is 132 g/mol. The second-order valence-electron chi connectivity index (χ2n) is 1.05. The standard InChI is InChI=1S/2C3H7N.H2O/c2*1-2-3-4;/h2*2H,1,3-4H2;1H2. The Labute approximate surface area is 56.4 Å². The van der Waals surface area contributed by atoms with Crippen molar-refractivity contribution < 1.29 is 5.48 Å². The van der Waals surface area contributed by atoms with Crippen LogP contribution in [-0.2, 0) is 0 Å². The van der Waals surface area contributed by atoms with Crippen LogP contribution in [0.1, 0.15) is 0 Å². The normalized spacial score (nSPS) is 5.56. The van der Waals surface area contributed by atoms with Gasteiger partial charge in [-0.15, -0.1) is 13.2 Å². The van der Waals surface area contributed by atoms with Gasteiger partial charge in [-0.05, 0) is 0 Å². The molecule has 0 fully saturated rings. The lowest BCUT2D eigenvalue weighted by atomic mass is 10.7. The van der Waals surface area contributed by atoms with E-state index in [4.69, 9.17) is 11.5 Å². The van der Waals surface area contributed by atoms with Gasteiger partial charge in [0, 0.05) is 13.1 Å². The summed E-state index contributed by atoms with van der Waals surface area (Å²) in [5, 5.41) is 0. The van der Waals surface area contributed by atoms with E-state index in [2.05, 4.69) is 13.2 Å². The third-order valence-electron chi connectivity index (χ3n) is 0.333. The lowest BCUT2D eigenvalue weighted by Crippen LogP contribution is -1.90. The first-order chi connectivity index (χ1) is 3.83. The summed E-state index contributed by atoms with van der Waals surface area (Å²) in [5.41, 5.74) is 9.82. The molecule has 0 unspecified atom stereocenters. The van der Waals surface area contributed by atoms with Crippen LogP contribution in [0.4, 0.5) is 0 Å². The second-order valence-corrected chi connectivity index (χ2v) is 1.05. The molecule has 0 aliphatic rings. The highest BCUT2D eigenvalue weighted by Gasteiger charge is 1.43. The van der Waals surface area contributed by atoms with E-state index in [1.54, 1.807) is 12.2 Å². The fourth-order valence-corrected chi connectivity index (χ4v) is 0. The average molecular weight is 132 g/mol. The first-order valence-corrected chi connectivity index (χ1v) is 2.45. The van der Waals surface area contributed by atoms with E-state index >= 15 is 0 Å². The van der Waals surface area contributed by atoms with Gasteiger partial charge < -0.3 is 16.9 Å². The van der Waals surface area contributed by atoms with Gasteiger partial charge in [0.2, 0.25) is 0 Å². The van der Waals surface area contributed by atoms with E-state index in [9.17, 15) is 0 Å². The van der Waals surface area contributed by atoms with Gasteiger partial charge in [0.05, 0.1) is 0 Å². The van der Waals surface area contributed by atoms with Crippen molar-refractivity contribution in [1.29, 1.82) is 0 Å². The largest absolute Gasteiger partial charge is 0.412 e. The van der Waals surface area contributed by atoms with E-state index < -0.39 is 0 Å². The molecule has 0 aromatic carbocycles. The van der Waals surface area contributed by atoms with Crippen LogP contribution in [0.5, 0.6) is 0 Å². The van der Waals surface area contributed by atoms with Crippen LogP contribution in [0.2, 0.25) is 0 Å². The number of rotatable bonds is 2. The predicted octanol–water partition coefficient (Wildman–Crippen LogP) is -0.562. The predicted molar refractivity (Wildman–Crippen MR) is 42.1 cm³/mol. The molecule has 3 heteroatoms. The molecule has 56 valence electrons. The van der Waals surface area contributed by atoms with E-state index in [1.807, 2.05) is 0 Å². The van der Waals surface area contributed by atoms with Crippen LogP contribution < -0.4 is 11.5 Å². The maximum absolute atomic E-state index is 4.91. The van der Waals surface area contributed by atoms with Crippen molar-refractivity contribution in [2.75, 3.05) is 13.1 Å². The minimum absolute atomic E-state index is 0. The van der Waals surface area contributed by atoms with Crippen molar-refractivity contribution in [2.45, 2.75) is 0 Å². The van der Waals surface area contributed by atoms with Crippen LogP contribution >= 0.6 is 0 Å². The molecule has 9 heavy (non-hydrogen) atoms. The molecule has 0 aromatic heterocycles. The lowest BCUT2D eigenvalue weighted by Gasteiger charge is -1.61. The van der Waals surface area contributed by atoms with Crippen LogP contribution in [0.3, 0.4) is 0 Å². The molecule has 0 aliphatic heterocycles. The van der Waals surface area contributed by atoms with Gasteiger partial charge in [-0.1, -0.05) is 12.2 Å². The molecular formula is C6H16N2O. The average Bonchev–Trinajstić information content (AvgIpc) is 1.88. The fourth-order valence-electron chi connectivity index (χ4n) is 0. The maximum atomic E-state index is 4.91. The highest BCUT2D eigenvalue weighted by molar-refractivity contribution is 4.64. The Balaban J connectivity index is -0.0000000720. The highest BCUT2D eigenvalue weighted by atomic mass is 16.0. The van der Waals surface area contributed by atoms with Crippen molar-refractivity contribution in [3.63, 3.8) is 0 Å². The first kappa shape index (κ1) is 15.8. The Morgan fingerprint density at radius 1 is 1.00 bits per heavy atom. The first-order valence-electron chi connectivity index (χ1n) is 2.45. The molecule has 0 aromatic rings. The summed E-state index contributed by atoms with van der Waals surface area (Å²) in [7, 11) is 0. The molecular weight excluding hydrogens is 116 g/mol. The molecule has 6 N–H and O–H groups in total. The maximum Gasteiger partial charge on any atom is 0.0104 e. The Morgan fingerprint density at radius 3 is 1.11 bits per heavy atom. The highest BCUT2D eigenvalue weighted by Crippen LogP contribution is 1.40. The van der Waals surface area contributed by atoms with Crippen molar-refractivity contribution in [3.05, 3.63) is 25.3 Å². The molecule has 0 aliphatic carbocycles. The minimum atomic E-state index is 0. The summed E-state index contributed by atoms with van der Waals surface area (Å²) in [5.74, 6) is 0. The minimum Gasteiger partial charge on any atom is -0.412 e. The lowest BCUT2D eigenvalue weighted by molar-refractivity contribution is 0.824. The van der Waals surface area contributed by atoms with Crippen molar-refractivity contribution in [3.8, 4) is 0 Å². The molecule has 0 rings (SSSR count). The van der Waals surface area contributed by atoms with Gasteiger partial charge in [0.25, 0.3) is 0 Å². The second kappa shape index (κ2) is 26.4. The van der Waals surface area contributed by atoms with Gasteiger partial charge in [0.15, 0.2) is 0 Å². The van der Waals surface area contributed by atoms with E-state index in [0.29, 0.717) is 13.1 Å². The molecule has 0 bridgehead atoms. The van der Waals surface area contributed by atoms with Gasteiger partial charge >= 0.3 is 0 Å². The summed E-state index contributed by atoms with van der Waals surface area (Å²) >= 11 is 0. The quantitative estimate of drug-likeness (QED) is 0.493. The third-order valence-corrected chi connectivity index (χ3v) is 0.333. The third kappa shape index (κ3) is 114. The Hall–Kier alpha value is -0.640. The molecule has 0 atom stereocenters. The summed E-state index contributed by atoms with van der Waals surface area (Å²) in [4.78, 5) is 0. The van der Waals surface area contributed by atoms with Crippen molar-refractivity contribution in [1.82, 2.24) is 0 Å². The number of nitrogens with two attached hydrogens (primary N) is 2. The fraction of sp³-hybridized carbons (Fsp3) is 0.333. The van der Waals surface area contributed by atoms with Gasteiger partial charge in [-0.3, -0.25) is 0 Å². The van der Waals surface area contributed by atoms with E-state index in [1.165, 1.54) is 0 Å². The topological polar surface area (TPSA) is 83.5 Å². The zero-order valence-electron chi connectivity index (χ0n) is 5.64. The van der Waals surface area contributed by atoms with Crippen molar-refractivity contribution >= 4 is 0 Å². The zero-order chi connectivity index (χ0) is 6.83. The van der Waals surface area contributed by atoms with Gasteiger partial charge in [-0.25, -0.2) is 0 Å². The zero-order valence-corrected chi connectivity index (χ0v) is 5.64. The summed E-state index contributed by atoms with van der Waals surface area (Å²) < 4.78 is 0. The number of hydrogen-bond donors (Lipinski definition) is 2. The van der Waals surface area contributed by atoms with E-state index in [-0.39, 0.29) is 5.48 Å². The van der Waals surface area contributed by atoms with Crippen molar-refractivity contribution in [2.24, 2.45) is 11.5 Å². The SMILES string of the molecule is C=CCN.C=CCN.O. The van der Waals surface area contributed by atoms with Crippen LogP contribution in [0, 0.1) is 0 Å². The summed E-state index contributed by atoms with van der Waals surface area (Å²) in [6, 6.07) is 0. The molecule has 0 saturated carbocycles. The summed E-state index contributed by atoms with van der Waals surface area (Å²) in [6.07, 6.45) is 3.31. The Morgan fingerprint density at radius 2 is 1.11 bits per heavy atom. The molecule has 3 nitrogen and oxygen atoms in total. The molecule has 0 saturated heterocycles.